The molecule has 0 aliphatic rings. The molecule has 0 aromatic heterocycles. The lowest BCUT2D eigenvalue weighted by molar-refractivity contribution is 0.00705. The minimum Gasteiger partial charge on any atom is -0.456 e. The number of hydrogen-bond donors (Lipinski definition) is 0. The van der Waals surface area contributed by atoms with Crippen LogP contribution in [0.15, 0.2) is 42.5 Å². The molecule has 22 heavy (non-hydrogen) atoms. The lowest BCUT2D eigenvalue weighted by Crippen LogP contribution is -2.24. The number of hydrogen-bond acceptors (Lipinski definition) is 2. The van der Waals surface area contributed by atoms with Crippen molar-refractivity contribution in [1.29, 1.82) is 0 Å². The highest BCUT2D eigenvalue weighted by molar-refractivity contribution is 9.08. The van der Waals surface area contributed by atoms with Crippen molar-refractivity contribution >= 4 is 21.9 Å². The van der Waals surface area contributed by atoms with Gasteiger partial charge in [0.1, 0.15) is 11.4 Å². The molecular formula is C18H18BrFO2. The Morgan fingerprint density at radius 3 is 2.36 bits per heavy atom. The zero-order valence-electron chi connectivity index (χ0n) is 12.8. The number of alkyl halides is 1. The standard InChI is InChI=1S/C18H18BrFO2/c1-18(2,3)22-17(21)15-9-5-4-8-13(15)14-10-6-7-12(11-19)16(14)20/h4-10H,11H2,1-3H3. The van der Waals surface area contributed by atoms with Gasteiger partial charge in [-0.25, -0.2) is 9.18 Å². The van der Waals surface area contributed by atoms with Crippen molar-refractivity contribution in [2.45, 2.75) is 31.7 Å². The number of carbonyl (C=O) groups is 1. The molecule has 0 aliphatic carbocycles. The fourth-order valence-corrected chi connectivity index (χ4v) is 2.55. The van der Waals surface area contributed by atoms with Crippen LogP contribution in [0.1, 0.15) is 36.7 Å². The molecule has 0 amide bonds. The molecule has 0 atom stereocenters. The third-order valence-electron chi connectivity index (χ3n) is 3.06. The van der Waals surface area contributed by atoms with Crippen molar-refractivity contribution in [3.8, 4) is 11.1 Å². The van der Waals surface area contributed by atoms with Crippen LogP contribution in [0.25, 0.3) is 11.1 Å². The van der Waals surface area contributed by atoms with E-state index in [0.29, 0.717) is 27.6 Å². The summed E-state index contributed by atoms with van der Waals surface area (Å²) in [4.78, 5) is 12.4. The van der Waals surface area contributed by atoms with Crippen LogP contribution in [-0.2, 0) is 10.1 Å². The maximum absolute atomic E-state index is 14.6. The first-order valence-corrected chi connectivity index (χ1v) is 8.12. The first-order valence-electron chi connectivity index (χ1n) is 6.99. The molecule has 0 aliphatic heterocycles. The number of esters is 1. The Labute approximate surface area is 138 Å². The summed E-state index contributed by atoms with van der Waals surface area (Å²) in [5.74, 6) is -0.776. The van der Waals surface area contributed by atoms with Gasteiger partial charge in [-0.15, -0.1) is 0 Å². The highest BCUT2D eigenvalue weighted by atomic mass is 79.9. The minimum absolute atomic E-state index is 0.324. The minimum atomic E-state index is -0.597. The van der Waals surface area contributed by atoms with Crippen molar-refractivity contribution in [2.75, 3.05) is 0 Å². The molecule has 0 radical (unpaired) electrons. The van der Waals surface area contributed by atoms with Gasteiger partial charge in [0.2, 0.25) is 0 Å². The normalized spacial score (nSPS) is 11.3. The van der Waals surface area contributed by atoms with Gasteiger partial charge in [-0.2, -0.15) is 0 Å². The third kappa shape index (κ3) is 3.74. The molecule has 0 spiro atoms. The maximum atomic E-state index is 14.6. The number of benzene rings is 2. The van der Waals surface area contributed by atoms with Crippen LogP contribution in [-0.4, -0.2) is 11.6 Å². The van der Waals surface area contributed by atoms with Gasteiger partial charge < -0.3 is 4.74 Å². The van der Waals surface area contributed by atoms with Crippen molar-refractivity contribution in [2.24, 2.45) is 0 Å². The monoisotopic (exact) mass is 364 g/mol. The maximum Gasteiger partial charge on any atom is 0.339 e. The summed E-state index contributed by atoms with van der Waals surface area (Å²) in [6.45, 7) is 5.42. The average molecular weight is 365 g/mol. The van der Waals surface area contributed by atoms with Gasteiger partial charge in [-0.05, 0) is 38.0 Å². The molecule has 0 heterocycles. The second-order valence-electron chi connectivity index (χ2n) is 5.96. The highest BCUT2D eigenvalue weighted by Gasteiger charge is 2.22. The highest BCUT2D eigenvalue weighted by Crippen LogP contribution is 2.30. The summed E-state index contributed by atoms with van der Waals surface area (Å²) in [6, 6.07) is 12.1. The van der Waals surface area contributed by atoms with Crippen molar-refractivity contribution < 1.29 is 13.9 Å². The SMILES string of the molecule is CC(C)(C)OC(=O)c1ccccc1-c1cccc(CBr)c1F. The summed E-state index contributed by atoms with van der Waals surface area (Å²) in [7, 11) is 0. The van der Waals surface area contributed by atoms with Crippen LogP contribution in [0.5, 0.6) is 0 Å². The van der Waals surface area contributed by atoms with Gasteiger partial charge >= 0.3 is 5.97 Å². The molecule has 0 saturated heterocycles. The molecule has 116 valence electrons. The van der Waals surface area contributed by atoms with Gasteiger partial charge in [-0.1, -0.05) is 52.3 Å². The Kier molecular flexibility index (Phi) is 5.01. The Hall–Kier alpha value is -1.68. The average Bonchev–Trinajstić information content (AvgIpc) is 2.46. The Morgan fingerprint density at radius 1 is 1.09 bits per heavy atom. The molecule has 2 aromatic carbocycles. The van der Waals surface area contributed by atoms with E-state index < -0.39 is 11.6 Å². The largest absolute Gasteiger partial charge is 0.456 e. The molecular weight excluding hydrogens is 347 g/mol. The van der Waals surface area contributed by atoms with E-state index in [2.05, 4.69) is 15.9 Å². The van der Waals surface area contributed by atoms with Crippen LogP contribution in [0, 0.1) is 5.82 Å². The fourth-order valence-electron chi connectivity index (χ4n) is 2.12. The lowest BCUT2D eigenvalue weighted by Gasteiger charge is -2.20. The lowest BCUT2D eigenvalue weighted by atomic mass is 9.97. The number of rotatable bonds is 3. The number of halogens is 2. The van der Waals surface area contributed by atoms with Crippen molar-refractivity contribution in [1.82, 2.24) is 0 Å². The van der Waals surface area contributed by atoms with Crippen LogP contribution < -0.4 is 0 Å². The van der Waals surface area contributed by atoms with E-state index in [-0.39, 0.29) is 5.82 Å². The van der Waals surface area contributed by atoms with Gasteiger partial charge in [0.05, 0.1) is 5.56 Å². The van der Waals surface area contributed by atoms with Crippen molar-refractivity contribution in [3.05, 3.63) is 59.4 Å². The molecule has 2 nitrogen and oxygen atoms in total. The van der Waals surface area contributed by atoms with E-state index in [1.54, 1.807) is 63.2 Å². The number of ether oxygens (including phenoxy) is 1. The van der Waals surface area contributed by atoms with E-state index in [1.165, 1.54) is 0 Å². The van der Waals surface area contributed by atoms with Crippen LogP contribution in [0.4, 0.5) is 4.39 Å². The summed E-state index contributed by atoms with van der Waals surface area (Å²) in [5, 5.41) is 0.418. The zero-order valence-corrected chi connectivity index (χ0v) is 14.4. The quantitative estimate of drug-likeness (QED) is 0.542. The Morgan fingerprint density at radius 2 is 1.73 bits per heavy atom. The molecule has 2 aromatic rings. The van der Waals surface area contributed by atoms with E-state index in [9.17, 15) is 9.18 Å². The fraction of sp³-hybridized carbons (Fsp3) is 0.278. The van der Waals surface area contributed by atoms with Crippen LogP contribution >= 0.6 is 15.9 Å². The third-order valence-corrected chi connectivity index (χ3v) is 3.66. The van der Waals surface area contributed by atoms with Gasteiger partial charge in [-0.3, -0.25) is 0 Å². The molecule has 0 bridgehead atoms. The van der Waals surface area contributed by atoms with Gasteiger partial charge in [0, 0.05) is 10.9 Å². The first kappa shape index (κ1) is 16.7. The molecule has 0 saturated carbocycles. The van der Waals surface area contributed by atoms with Gasteiger partial charge in [0.15, 0.2) is 0 Å². The second kappa shape index (κ2) is 6.61. The summed E-state index contributed by atoms with van der Waals surface area (Å²) in [5.41, 5.74) is 1.26. The molecule has 0 N–H and O–H groups in total. The van der Waals surface area contributed by atoms with E-state index in [4.69, 9.17) is 4.74 Å². The van der Waals surface area contributed by atoms with Crippen LogP contribution in [0.3, 0.4) is 0 Å². The Bertz CT molecular complexity index is 690. The molecule has 0 unspecified atom stereocenters. The molecule has 2 rings (SSSR count). The molecule has 0 fully saturated rings. The smallest absolute Gasteiger partial charge is 0.339 e. The van der Waals surface area contributed by atoms with Crippen molar-refractivity contribution in [3.63, 3.8) is 0 Å². The summed E-state index contributed by atoms with van der Waals surface area (Å²) in [6.07, 6.45) is 0. The summed E-state index contributed by atoms with van der Waals surface area (Å²) >= 11 is 3.27. The molecule has 4 heteroatoms. The second-order valence-corrected chi connectivity index (χ2v) is 6.52. The topological polar surface area (TPSA) is 26.3 Å². The van der Waals surface area contributed by atoms with E-state index in [0.717, 1.165) is 0 Å². The number of carbonyl (C=O) groups excluding carboxylic acids is 1. The predicted octanol–water partition coefficient (Wildman–Crippen LogP) is 5.34. The predicted molar refractivity (Wildman–Crippen MR) is 89.6 cm³/mol. The van der Waals surface area contributed by atoms with Crippen LogP contribution in [0.2, 0.25) is 0 Å². The first-order chi connectivity index (χ1) is 10.3. The zero-order chi connectivity index (χ0) is 16.3. The van der Waals surface area contributed by atoms with Gasteiger partial charge in [0.25, 0.3) is 0 Å². The Balaban J connectivity index is 2.52. The summed E-state index contributed by atoms with van der Waals surface area (Å²) < 4.78 is 20.0. The van der Waals surface area contributed by atoms with E-state index >= 15 is 0 Å². The van der Waals surface area contributed by atoms with E-state index in [1.807, 2.05) is 0 Å².